The van der Waals surface area contributed by atoms with Crippen LogP contribution in [0.3, 0.4) is 0 Å². The Bertz CT molecular complexity index is 900. The molecule has 0 aliphatic heterocycles. The molecule has 0 bridgehead atoms. The monoisotopic (exact) mass is 404 g/mol. The summed E-state index contributed by atoms with van der Waals surface area (Å²) in [5, 5.41) is 0. The van der Waals surface area contributed by atoms with E-state index in [-0.39, 0.29) is 28.2 Å². The fraction of sp³-hybridized carbons (Fsp3) is 0.250. The topological polar surface area (TPSA) is 107 Å². The highest BCUT2D eigenvalue weighted by molar-refractivity contribution is 5.98. The molecular weight excluding hydrogens is 384 g/mol. The van der Waals surface area contributed by atoms with Gasteiger partial charge < -0.3 is 28.4 Å². The third-order valence-corrected chi connectivity index (χ3v) is 3.88. The molecule has 154 valence electrons. The van der Waals surface area contributed by atoms with Crippen molar-refractivity contribution in [1.82, 2.24) is 0 Å². The van der Waals surface area contributed by atoms with Crippen LogP contribution in [0.4, 0.5) is 0 Å². The molecule has 0 spiro atoms. The van der Waals surface area contributed by atoms with Gasteiger partial charge in [-0.2, -0.15) is 0 Å². The van der Waals surface area contributed by atoms with Crippen LogP contribution in [0.2, 0.25) is 0 Å². The van der Waals surface area contributed by atoms with Crippen molar-refractivity contribution in [3.05, 3.63) is 47.0 Å². The molecule has 0 radical (unpaired) electrons. The highest BCUT2D eigenvalue weighted by atomic mass is 16.5. The Morgan fingerprint density at radius 3 is 1.52 bits per heavy atom. The minimum atomic E-state index is -0.805. The van der Waals surface area contributed by atoms with Gasteiger partial charge in [0.05, 0.1) is 46.7 Å². The SMILES string of the molecule is COC(=O)c1cc(OC(=O)c2cc(OC)c(OC)cc2OC)cc(C(=O)OC)c1. The van der Waals surface area contributed by atoms with Crippen LogP contribution >= 0.6 is 0 Å². The summed E-state index contributed by atoms with van der Waals surface area (Å²) in [6, 6.07) is 6.67. The average Bonchev–Trinajstić information content (AvgIpc) is 2.76. The molecule has 0 N–H and O–H groups in total. The van der Waals surface area contributed by atoms with Gasteiger partial charge in [0.2, 0.25) is 0 Å². The van der Waals surface area contributed by atoms with E-state index in [1.807, 2.05) is 0 Å². The summed E-state index contributed by atoms with van der Waals surface area (Å²) in [7, 11) is 6.62. The minimum absolute atomic E-state index is 0.0116. The van der Waals surface area contributed by atoms with Gasteiger partial charge in [-0.05, 0) is 18.2 Å². The van der Waals surface area contributed by atoms with Crippen molar-refractivity contribution in [2.75, 3.05) is 35.5 Å². The standard InChI is InChI=1S/C20H20O9/c1-24-15-10-17(26-3)16(25-2)9-14(15)20(23)29-13-7-11(18(21)27-4)6-12(8-13)19(22)28-5/h6-10H,1-5H3. The molecule has 0 amide bonds. The predicted molar refractivity (Wildman–Crippen MR) is 100 cm³/mol. The van der Waals surface area contributed by atoms with Crippen LogP contribution < -0.4 is 18.9 Å². The first-order chi connectivity index (χ1) is 13.9. The maximum absolute atomic E-state index is 12.7. The van der Waals surface area contributed by atoms with Gasteiger partial charge in [-0.25, -0.2) is 14.4 Å². The summed E-state index contributed by atoms with van der Waals surface area (Å²) < 4.78 is 30.3. The van der Waals surface area contributed by atoms with Crippen LogP contribution in [-0.2, 0) is 9.47 Å². The molecule has 9 nitrogen and oxygen atoms in total. The molecule has 2 aromatic carbocycles. The maximum Gasteiger partial charge on any atom is 0.347 e. The minimum Gasteiger partial charge on any atom is -0.496 e. The van der Waals surface area contributed by atoms with Crippen molar-refractivity contribution in [3.8, 4) is 23.0 Å². The van der Waals surface area contributed by atoms with Gasteiger partial charge in [0.25, 0.3) is 0 Å². The Hall–Kier alpha value is -3.75. The van der Waals surface area contributed by atoms with Crippen LogP contribution in [0.5, 0.6) is 23.0 Å². The molecule has 0 aromatic heterocycles. The Morgan fingerprint density at radius 2 is 1.07 bits per heavy atom. The highest BCUT2D eigenvalue weighted by Crippen LogP contribution is 2.35. The van der Waals surface area contributed by atoms with E-state index in [0.717, 1.165) is 0 Å². The zero-order valence-corrected chi connectivity index (χ0v) is 16.6. The lowest BCUT2D eigenvalue weighted by molar-refractivity contribution is 0.0593. The maximum atomic E-state index is 12.7. The number of carbonyl (C=O) groups excluding carboxylic acids is 3. The summed E-state index contributed by atoms with van der Waals surface area (Å²) in [6.07, 6.45) is 0. The average molecular weight is 404 g/mol. The van der Waals surface area contributed by atoms with Crippen molar-refractivity contribution < 1.29 is 42.8 Å². The Labute approximate surface area is 167 Å². The molecular formula is C20H20O9. The van der Waals surface area contributed by atoms with E-state index in [2.05, 4.69) is 9.47 Å². The first kappa shape index (κ1) is 21.5. The molecule has 0 saturated carbocycles. The van der Waals surface area contributed by atoms with Crippen LogP contribution in [0.15, 0.2) is 30.3 Å². The lowest BCUT2D eigenvalue weighted by Crippen LogP contribution is -2.13. The lowest BCUT2D eigenvalue weighted by atomic mass is 10.1. The largest absolute Gasteiger partial charge is 0.496 e. The van der Waals surface area contributed by atoms with Crippen LogP contribution in [0.25, 0.3) is 0 Å². The molecule has 0 atom stereocenters. The number of ether oxygens (including phenoxy) is 6. The first-order valence-corrected chi connectivity index (χ1v) is 8.22. The molecule has 9 heteroatoms. The third-order valence-electron chi connectivity index (χ3n) is 3.88. The Morgan fingerprint density at radius 1 is 0.586 bits per heavy atom. The van der Waals surface area contributed by atoms with Crippen molar-refractivity contribution >= 4 is 17.9 Å². The Balaban J connectivity index is 2.46. The van der Waals surface area contributed by atoms with E-state index in [4.69, 9.17) is 18.9 Å². The van der Waals surface area contributed by atoms with Crippen molar-refractivity contribution in [2.24, 2.45) is 0 Å². The molecule has 2 rings (SSSR count). The van der Waals surface area contributed by atoms with E-state index >= 15 is 0 Å². The van der Waals surface area contributed by atoms with Gasteiger partial charge in [-0.1, -0.05) is 0 Å². The first-order valence-electron chi connectivity index (χ1n) is 8.22. The summed E-state index contributed by atoms with van der Waals surface area (Å²) in [5.41, 5.74) is 0.0724. The van der Waals surface area contributed by atoms with Crippen molar-refractivity contribution in [3.63, 3.8) is 0 Å². The highest BCUT2D eigenvalue weighted by Gasteiger charge is 2.21. The fourth-order valence-corrected chi connectivity index (χ4v) is 2.48. The summed E-state index contributed by atoms with van der Waals surface area (Å²) in [6.45, 7) is 0. The number of rotatable bonds is 7. The second kappa shape index (κ2) is 9.45. The van der Waals surface area contributed by atoms with E-state index in [1.165, 1.54) is 65.9 Å². The van der Waals surface area contributed by atoms with E-state index in [0.29, 0.717) is 11.5 Å². The zero-order chi connectivity index (χ0) is 21.6. The number of benzene rings is 2. The van der Waals surface area contributed by atoms with Gasteiger partial charge in [-0.15, -0.1) is 0 Å². The number of esters is 3. The molecule has 0 aliphatic carbocycles. The van der Waals surface area contributed by atoms with Crippen LogP contribution in [-0.4, -0.2) is 53.5 Å². The zero-order valence-electron chi connectivity index (χ0n) is 16.6. The normalized spacial score (nSPS) is 9.97. The molecule has 0 saturated heterocycles. The third kappa shape index (κ3) is 4.75. The smallest absolute Gasteiger partial charge is 0.347 e. The molecule has 0 aliphatic rings. The van der Waals surface area contributed by atoms with Crippen LogP contribution in [0, 0.1) is 0 Å². The number of hydrogen-bond donors (Lipinski definition) is 0. The van der Waals surface area contributed by atoms with E-state index in [9.17, 15) is 14.4 Å². The molecule has 2 aromatic rings. The molecule has 29 heavy (non-hydrogen) atoms. The van der Waals surface area contributed by atoms with Gasteiger partial charge in [0.1, 0.15) is 17.1 Å². The number of hydrogen-bond acceptors (Lipinski definition) is 9. The number of methoxy groups -OCH3 is 5. The second-order valence-corrected chi connectivity index (χ2v) is 5.53. The number of carbonyl (C=O) groups is 3. The van der Waals surface area contributed by atoms with Gasteiger partial charge in [0.15, 0.2) is 11.5 Å². The quantitative estimate of drug-likeness (QED) is 0.508. The summed E-state index contributed by atoms with van der Waals surface area (Å²) in [4.78, 5) is 36.5. The lowest BCUT2D eigenvalue weighted by Gasteiger charge is -2.14. The molecule has 0 fully saturated rings. The van der Waals surface area contributed by atoms with Crippen molar-refractivity contribution in [2.45, 2.75) is 0 Å². The predicted octanol–water partition coefficient (Wildman–Crippen LogP) is 2.50. The van der Waals surface area contributed by atoms with Crippen LogP contribution in [0.1, 0.15) is 31.1 Å². The molecule has 0 unspecified atom stereocenters. The van der Waals surface area contributed by atoms with Gasteiger partial charge >= 0.3 is 17.9 Å². The second-order valence-electron chi connectivity index (χ2n) is 5.53. The van der Waals surface area contributed by atoms with E-state index in [1.54, 1.807) is 0 Å². The van der Waals surface area contributed by atoms with Gasteiger partial charge in [-0.3, -0.25) is 0 Å². The van der Waals surface area contributed by atoms with E-state index < -0.39 is 17.9 Å². The van der Waals surface area contributed by atoms with Crippen molar-refractivity contribution in [1.29, 1.82) is 0 Å². The summed E-state index contributed by atoms with van der Waals surface area (Å²) >= 11 is 0. The fourth-order valence-electron chi connectivity index (χ4n) is 2.48. The molecule has 0 heterocycles. The summed E-state index contributed by atoms with van der Waals surface area (Å²) in [5.74, 6) is -1.45. The Kier molecular flexibility index (Phi) is 7.02. The van der Waals surface area contributed by atoms with Gasteiger partial charge in [0, 0.05) is 12.1 Å².